The van der Waals surface area contributed by atoms with E-state index in [-0.39, 0.29) is 0 Å². The molecule has 1 atom stereocenters. The number of aryl methyl sites for hydroxylation is 1. The zero-order valence-electron chi connectivity index (χ0n) is 16.1. The Bertz CT molecular complexity index is 784. The summed E-state index contributed by atoms with van der Waals surface area (Å²) in [6, 6.07) is 6.53. The first-order valence-corrected chi connectivity index (χ1v) is 9.71. The number of hydrogen-bond donors (Lipinski definition) is 0. The maximum absolute atomic E-state index is 5.64. The highest BCUT2D eigenvalue weighted by atomic mass is 16.5. The molecule has 1 fully saturated rings. The molecule has 140 valence electrons. The fourth-order valence-corrected chi connectivity index (χ4v) is 4.61. The van der Waals surface area contributed by atoms with Crippen molar-refractivity contribution in [1.82, 2.24) is 14.5 Å². The molecule has 0 bridgehead atoms. The molecule has 2 heterocycles. The van der Waals surface area contributed by atoms with E-state index < -0.39 is 0 Å². The quantitative estimate of drug-likeness (QED) is 0.821. The van der Waals surface area contributed by atoms with E-state index in [0.29, 0.717) is 6.04 Å². The van der Waals surface area contributed by atoms with Crippen LogP contribution < -0.4 is 9.47 Å². The third-order valence-electron chi connectivity index (χ3n) is 5.93. The molecule has 5 nitrogen and oxygen atoms in total. The Balaban J connectivity index is 1.61. The summed E-state index contributed by atoms with van der Waals surface area (Å²) in [5.41, 5.74) is 3.97. The largest absolute Gasteiger partial charge is 0.493 e. The van der Waals surface area contributed by atoms with Crippen molar-refractivity contribution in [2.24, 2.45) is 7.05 Å². The molecule has 5 heteroatoms. The highest BCUT2D eigenvalue weighted by Gasteiger charge is 2.32. The van der Waals surface area contributed by atoms with Crippen molar-refractivity contribution in [1.29, 1.82) is 0 Å². The van der Waals surface area contributed by atoms with Gasteiger partial charge < -0.3 is 14.0 Å². The lowest BCUT2D eigenvalue weighted by Crippen LogP contribution is -2.25. The fraction of sp³-hybridized carbons (Fsp3) is 0.571. The van der Waals surface area contributed by atoms with Crippen molar-refractivity contribution >= 4 is 0 Å². The second-order valence-corrected chi connectivity index (χ2v) is 7.41. The normalized spacial score (nSPS) is 20.2. The van der Waals surface area contributed by atoms with Crippen LogP contribution in [0.5, 0.6) is 11.5 Å². The molecule has 4 rings (SSSR count). The maximum atomic E-state index is 5.64. The molecule has 0 saturated carbocycles. The van der Waals surface area contributed by atoms with Gasteiger partial charge in [-0.05, 0) is 51.1 Å². The SMILES string of the molecule is COc1cccc(CN2CCC[C@H]2c2nc3c(n2C)CCCC3)c1OC. The summed E-state index contributed by atoms with van der Waals surface area (Å²) in [5, 5.41) is 0. The summed E-state index contributed by atoms with van der Waals surface area (Å²) in [6.07, 6.45) is 7.28. The number of fused-ring (bicyclic) bond motifs is 1. The first kappa shape index (κ1) is 17.4. The number of para-hydroxylation sites is 1. The van der Waals surface area contributed by atoms with Crippen molar-refractivity contribution in [2.45, 2.75) is 51.1 Å². The van der Waals surface area contributed by atoms with E-state index in [1.54, 1.807) is 14.2 Å². The Morgan fingerprint density at radius 2 is 1.96 bits per heavy atom. The van der Waals surface area contributed by atoms with Crippen molar-refractivity contribution in [2.75, 3.05) is 20.8 Å². The molecule has 1 aliphatic heterocycles. The second kappa shape index (κ2) is 7.31. The topological polar surface area (TPSA) is 39.5 Å². The fourth-order valence-electron chi connectivity index (χ4n) is 4.61. The summed E-state index contributed by atoms with van der Waals surface area (Å²) in [6.45, 7) is 1.96. The molecule has 2 aliphatic rings. The predicted molar refractivity (Wildman–Crippen MR) is 102 cm³/mol. The Morgan fingerprint density at radius 3 is 2.73 bits per heavy atom. The van der Waals surface area contributed by atoms with Crippen molar-refractivity contribution < 1.29 is 9.47 Å². The van der Waals surface area contributed by atoms with Crippen LogP contribution in [0.3, 0.4) is 0 Å². The molecule has 1 aromatic heterocycles. The van der Waals surface area contributed by atoms with E-state index >= 15 is 0 Å². The van der Waals surface area contributed by atoms with Gasteiger partial charge >= 0.3 is 0 Å². The summed E-state index contributed by atoms with van der Waals surface area (Å²) in [7, 11) is 5.61. The number of aromatic nitrogens is 2. The van der Waals surface area contributed by atoms with Crippen molar-refractivity contribution in [3.05, 3.63) is 41.0 Å². The Morgan fingerprint density at radius 1 is 1.12 bits per heavy atom. The summed E-state index contributed by atoms with van der Waals surface area (Å²) < 4.78 is 13.5. The Labute approximate surface area is 155 Å². The van der Waals surface area contributed by atoms with E-state index in [0.717, 1.165) is 31.0 Å². The number of rotatable bonds is 5. The van der Waals surface area contributed by atoms with Gasteiger partial charge in [0.25, 0.3) is 0 Å². The van der Waals surface area contributed by atoms with Crippen molar-refractivity contribution in [3.8, 4) is 11.5 Å². The number of hydrogen-bond acceptors (Lipinski definition) is 4. The van der Waals surface area contributed by atoms with Gasteiger partial charge in [-0.1, -0.05) is 12.1 Å². The van der Waals surface area contributed by atoms with Crippen LogP contribution in [0.1, 0.15) is 54.5 Å². The van der Waals surface area contributed by atoms with E-state index in [4.69, 9.17) is 14.5 Å². The Hall–Kier alpha value is -2.01. The molecular weight excluding hydrogens is 326 g/mol. The smallest absolute Gasteiger partial charge is 0.165 e. The summed E-state index contributed by atoms with van der Waals surface area (Å²) in [5.74, 6) is 2.89. The molecule has 0 radical (unpaired) electrons. The summed E-state index contributed by atoms with van der Waals surface area (Å²) in [4.78, 5) is 7.61. The lowest BCUT2D eigenvalue weighted by Gasteiger charge is -2.25. The van der Waals surface area contributed by atoms with Gasteiger partial charge in [-0.3, -0.25) is 4.90 Å². The monoisotopic (exact) mass is 355 g/mol. The Kier molecular flexibility index (Phi) is 4.90. The van der Waals surface area contributed by atoms with Gasteiger partial charge in [0.1, 0.15) is 5.82 Å². The van der Waals surface area contributed by atoms with E-state index in [1.165, 1.54) is 54.9 Å². The van der Waals surface area contributed by atoms with E-state index in [2.05, 4.69) is 22.6 Å². The molecule has 1 saturated heterocycles. The van der Waals surface area contributed by atoms with Crippen LogP contribution in [0.25, 0.3) is 0 Å². The molecule has 0 amide bonds. The summed E-state index contributed by atoms with van der Waals surface area (Å²) >= 11 is 0. The minimum atomic E-state index is 0.390. The van der Waals surface area contributed by atoms with Crippen molar-refractivity contribution in [3.63, 3.8) is 0 Å². The lowest BCUT2D eigenvalue weighted by molar-refractivity contribution is 0.231. The zero-order valence-corrected chi connectivity index (χ0v) is 16.1. The highest BCUT2D eigenvalue weighted by molar-refractivity contribution is 5.46. The van der Waals surface area contributed by atoms with Crippen LogP contribution in [-0.4, -0.2) is 35.2 Å². The van der Waals surface area contributed by atoms with Gasteiger partial charge in [0.05, 0.1) is 26.0 Å². The van der Waals surface area contributed by atoms with Crippen LogP contribution in [0.2, 0.25) is 0 Å². The maximum Gasteiger partial charge on any atom is 0.165 e. The number of methoxy groups -OCH3 is 2. The molecule has 1 aromatic carbocycles. The third-order valence-corrected chi connectivity index (χ3v) is 5.93. The van der Waals surface area contributed by atoms with Gasteiger partial charge in [-0.15, -0.1) is 0 Å². The van der Waals surface area contributed by atoms with Crippen LogP contribution >= 0.6 is 0 Å². The molecule has 1 aliphatic carbocycles. The molecule has 0 unspecified atom stereocenters. The van der Waals surface area contributed by atoms with Gasteiger partial charge in [0.2, 0.25) is 0 Å². The number of benzene rings is 1. The zero-order chi connectivity index (χ0) is 18.1. The first-order chi connectivity index (χ1) is 12.7. The number of nitrogens with zero attached hydrogens (tertiary/aromatic N) is 3. The average Bonchev–Trinajstić information content (AvgIpc) is 3.26. The average molecular weight is 355 g/mol. The minimum absolute atomic E-state index is 0.390. The van der Waals surface area contributed by atoms with E-state index in [9.17, 15) is 0 Å². The van der Waals surface area contributed by atoms with Gasteiger partial charge in [-0.2, -0.15) is 0 Å². The first-order valence-electron chi connectivity index (χ1n) is 9.71. The van der Waals surface area contributed by atoms with Crippen LogP contribution in [0.4, 0.5) is 0 Å². The number of ether oxygens (including phenoxy) is 2. The van der Waals surface area contributed by atoms with Gasteiger partial charge in [-0.25, -0.2) is 4.98 Å². The molecular formula is C21H29N3O2. The minimum Gasteiger partial charge on any atom is -0.493 e. The molecule has 0 spiro atoms. The second-order valence-electron chi connectivity index (χ2n) is 7.41. The number of imidazole rings is 1. The van der Waals surface area contributed by atoms with Crippen LogP contribution in [0, 0.1) is 0 Å². The number of likely N-dealkylation sites (tertiary alicyclic amines) is 1. The standard InChI is InChI=1S/C21H29N3O2/c1-23-17-10-5-4-9-16(17)22-21(23)18-11-7-13-24(18)14-15-8-6-12-19(25-2)20(15)26-3/h6,8,12,18H,4-5,7,9-11,13-14H2,1-3H3/t18-/m0/s1. The van der Waals surface area contributed by atoms with Crippen LogP contribution in [0.15, 0.2) is 18.2 Å². The van der Waals surface area contributed by atoms with Gasteiger partial charge in [0, 0.05) is 24.8 Å². The molecule has 0 N–H and O–H groups in total. The molecule has 26 heavy (non-hydrogen) atoms. The van der Waals surface area contributed by atoms with E-state index in [1.807, 2.05) is 12.1 Å². The van der Waals surface area contributed by atoms with Crippen LogP contribution in [-0.2, 0) is 26.4 Å². The van der Waals surface area contributed by atoms with Gasteiger partial charge in [0.15, 0.2) is 11.5 Å². The lowest BCUT2D eigenvalue weighted by atomic mass is 10.0. The highest BCUT2D eigenvalue weighted by Crippen LogP contribution is 2.38. The third kappa shape index (κ3) is 2.98. The molecule has 2 aromatic rings. The predicted octanol–water partition coefficient (Wildman–Crippen LogP) is 3.65.